The Morgan fingerprint density at radius 3 is 2.24 bits per heavy atom. The minimum absolute atomic E-state index is 0.0540. The van der Waals surface area contributed by atoms with Crippen LogP contribution in [0.5, 0.6) is 17.4 Å². The van der Waals surface area contributed by atoms with Gasteiger partial charge in [-0.05, 0) is 38.1 Å². The molecule has 1 aromatic carbocycles. The maximum absolute atomic E-state index is 13.4. The quantitative estimate of drug-likeness (QED) is 0.309. The molecule has 0 amide bonds. The molecule has 0 radical (unpaired) electrons. The predicted molar refractivity (Wildman–Crippen MR) is 132 cm³/mol. The Bertz CT molecular complexity index is 1460. The number of hydrogen-bond acceptors (Lipinski definition) is 11. The molecule has 0 bridgehead atoms. The van der Waals surface area contributed by atoms with E-state index in [2.05, 4.69) is 24.9 Å². The number of furan rings is 1. The van der Waals surface area contributed by atoms with E-state index >= 15 is 0 Å². The van der Waals surface area contributed by atoms with E-state index in [4.69, 9.17) is 18.6 Å². The van der Waals surface area contributed by atoms with E-state index in [0.29, 0.717) is 28.7 Å². The topological polar surface area (TPSA) is 164 Å². The number of aliphatic hydroxyl groups excluding tert-OH is 1. The van der Waals surface area contributed by atoms with Crippen molar-refractivity contribution in [3.8, 4) is 34.7 Å². The van der Waals surface area contributed by atoms with Crippen LogP contribution in [0.15, 0.2) is 47.1 Å². The Kier molecular flexibility index (Phi) is 7.31. The summed E-state index contributed by atoms with van der Waals surface area (Å²) in [6.45, 7) is 3.10. The van der Waals surface area contributed by atoms with Crippen LogP contribution in [0.1, 0.15) is 24.5 Å². The number of para-hydroxylation sites is 1. The van der Waals surface area contributed by atoms with Gasteiger partial charge in [0, 0.05) is 0 Å². The summed E-state index contributed by atoms with van der Waals surface area (Å²) in [6, 6.07) is 8.52. The summed E-state index contributed by atoms with van der Waals surface area (Å²) >= 11 is 0. The number of aromatic nitrogens is 5. The lowest BCUT2D eigenvalue weighted by atomic mass is 10.2. The fourth-order valence-corrected chi connectivity index (χ4v) is 4.59. The van der Waals surface area contributed by atoms with Gasteiger partial charge in [0.2, 0.25) is 27.7 Å². The molecular weight excluding hydrogens is 504 g/mol. The number of rotatable bonds is 10. The van der Waals surface area contributed by atoms with Gasteiger partial charge in [-0.25, -0.2) is 13.4 Å². The van der Waals surface area contributed by atoms with Crippen molar-refractivity contribution in [1.29, 1.82) is 0 Å². The minimum atomic E-state index is -4.24. The van der Waals surface area contributed by atoms with Crippen molar-refractivity contribution in [3.63, 3.8) is 0 Å². The minimum Gasteiger partial charge on any atom is -0.494 e. The van der Waals surface area contributed by atoms with Crippen LogP contribution < -0.4 is 18.9 Å². The van der Waals surface area contributed by atoms with Crippen LogP contribution in [-0.2, 0) is 10.0 Å². The summed E-state index contributed by atoms with van der Waals surface area (Å²) in [7, 11) is 0.114. The number of ether oxygens (including phenoxy) is 3. The summed E-state index contributed by atoms with van der Waals surface area (Å²) in [5.41, 5.74) is 0.395. The summed E-state index contributed by atoms with van der Waals surface area (Å²) in [5, 5.41) is 17.6. The fourth-order valence-electron chi connectivity index (χ4n) is 3.54. The number of aryl methyl sites for hydroxylation is 1. The predicted octanol–water partition coefficient (Wildman–Crippen LogP) is 2.52. The molecule has 0 aliphatic heterocycles. The SMILES string of the molecule is COc1cnc(C(O)C(C)S(=O)(=O)Nc2nnc(-c3ccc(C)o3)n2-c2c(OC)cccc2OC)cn1. The molecule has 3 aromatic heterocycles. The van der Waals surface area contributed by atoms with Crippen molar-refractivity contribution in [2.24, 2.45) is 0 Å². The number of nitrogens with one attached hydrogen (secondary N) is 1. The number of nitrogens with zero attached hydrogens (tertiary/aromatic N) is 5. The van der Waals surface area contributed by atoms with Gasteiger partial charge in [0.25, 0.3) is 0 Å². The second-order valence-corrected chi connectivity index (χ2v) is 9.92. The number of sulfonamides is 1. The highest BCUT2D eigenvalue weighted by atomic mass is 32.2. The van der Waals surface area contributed by atoms with Gasteiger partial charge < -0.3 is 23.7 Å². The Morgan fingerprint density at radius 2 is 1.70 bits per heavy atom. The third-order valence-corrected chi connectivity index (χ3v) is 7.28. The zero-order chi connectivity index (χ0) is 26.7. The van der Waals surface area contributed by atoms with Crippen LogP contribution in [0.4, 0.5) is 5.95 Å². The van der Waals surface area contributed by atoms with Crippen LogP contribution in [0.3, 0.4) is 0 Å². The van der Waals surface area contributed by atoms with Gasteiger partial charge in [-0.3, -0.25) is 14.3 Å². The third-order valence-electron chi connectivity index (χ3n) is 5.58. The molecule has 3 heterocycles. The average Bonchev–Trinajstić information content (AvgIpc) is 3.52. The van der Waals surface area contributed by atoms with E-state index in [1.54, 1.807) is 37.3 Å². The van der Waals surface area contributed by atoms with E-state index in [1.807, 2.05) is 0 Å². The molecule has 0 saturated carbocycles. The molecule has 0 fully saturated rings. The molecule has 14 heteroatoms. The monoisotopic (exact) mass is 530 g/mol. The molecule has 4 rings (SSSR count). The second kappa shape index (κ2) is 10.4. The van der Waals surface area contributed by atoms with E-state index in [9.17, 15) is 13.5 Å². The van der Waals surface area contributed by atoms with Crippen molar-refractivity contribution in [1.82, 2.24) is 24.7 Å². The molecule has 0 spiro atoms. The van der Waals surface area contributed by atoms with E-state index in [1.165, 1.54) is 45.2 Å². The summed E-state index contributed by atoms with van der Waals surface area (Å²) < 4.78 is 52.3. The highest BCUT2D eigenvalue weighted by molar-refractivity contribution is 7.93. The van der Waals surface area contributed by atoms with Gasteiger partial charge in [-0.1, -0.05) is 6.07 Å². The standard InChI is InChI=1S/C23H26N6O7S/c1-13-9-10-18(36-13)22-26-27-23(29(22)20-16(33-3)7-6-8-17(20)34-4)28-37(31,32)14(2)21(30)15-11-25-19(35-5)12-24-15/h6-12,14,21,30H,1-5H3,(H,27,28). The molecule has 2 atom stereocenters. The second-order valence-electron chi connectivity index (χ2n) is 7.88. The summed E-state index contributed by atoms with van der Waals surface area (Å²) in [4.78, 5) is 8.01. The Morgan fingerprint density at radius 1 is 1.00 bits per heavy atom. The summed E-state index contributed by atoms with van der Waals surface area (Å²) in [6.07, 6.45) is 1.03. The van der Waals surface area contributed by atoms with Crippen LogP contribution in [0.25, 0.3) is 17.3 Å². The maximum atomic E-state index is 13.4. The molecule has 0 aliphatic carbocycles. The van der Waals surface area contributed by atoms with Gasteiger partial charge in [0.15, 0.2) is 5.76 Å². The van der Waals surface area contributed by atoms with E-state index in [-0.39, 0.29) is 23.3 Å². The largest absolute Gasteiger partial charge is 0.494 e. The zero-order valence-electron chi connectivity index (χ0n) is 20.7. The van der Waals surface area contributed by atoms with Gasteiger partial charge in [0.05, 0.1) is 39.4 Å². The first-order valence-corrected chi connectivity index (χ1v) is 12.5. The fraction of sp³-hybridized carbons (Fsp3) is 0.304. The molecule has 2 N–H and O–H groups in total. The molecule has 4 aromatic rings. The third kappa shape index (κ3) is 5.06. The first-order chi connectivity index (χ1) is 17.7. The molecule has 0 saturated heterocycles. The Hall–Kier alpha value is -4.17. The normalized spacial score (nSPS) is 13.1. The number of hydrogen-bond donors (Lipinski definition) is 2. The first-order valence-electron chi connectivity index (χ1n) is 11.0. The lowest BCUT2D eigenvalue weighted by Gasteiger charge is -2.21. The van der Waals surface area contributed by atoms with Crippen molar-refractivity contribution < 1.29 is 32.2 Å². The average molecular weight is 531 g/mol. The molecule has 0 aliphatic rings. The van der Waals surface area contributed by atoms with Crippen molar-refractivity contribution in [2.45, 2.75) is 25.2 Å². The van der Waals surface area contributed by atoms with E-state index < -0.39 is 21.4 Å². The zero-order valence-corrected chi connectivity index (χ0v) is 21.6. The number of anilines is 1. The van der Waals surface area contributed by atoms with Gasteiger partial charge in [0.1, 0.15) is 34.3 Å². The Balaban J connectivity index is 1.79. The lowest BCUT2D eigenvalue weighted by molar-refractivity contribution is 0.170. The lowest BCUT2D eigenvalue weighted by Crippen LogP contribution is -2.32. The number of benzene rings is 1. The van der Waals surface area contributed by atoms with Crippen LogP contribution in [0.2, 0.25) is 0 Å². The summed E-state index contributed by atoms with van der Waals surface area (Å²) in [5.74, 6) is 1.94. The first kappa shape index (κ1) is 25.9. The number of methoxy groups -OCH3 is 3. The van der Waals surface area contributed by atoms with Gasteiger partial charge in [-0.15, -0.1) is 10.2 Å². The van der Waals surface area contributed by atoms with Crippen LogP contribution in [-0.4, -0.2) is 64.8 Å². The highest BCUT2D eigenvalue weighted by Crippen LogP contribution is 2.38. The Labute approximate surface area is 213 Å². The van der Waals surface area contributed by atoms with Crippen molar-refractivity contribution >= 4 is 16.0 Å². The number of aliphatic hydroxyl groups is 1. The molecule has 37 heavy (non-hydrogen) atoms. The van der Waals surface area contributed by atoms with Crippen LogP contribution in [0, 0.1) is 6.92 Å². The van der Waals surface area contributed by atoms with E-state index in [0.717, 1.165) is 0 Å². The van der Waals surface area contributed by atoms with Crippen molar-refractivity contribution in [3.05, 3.63) is 54.2 Å². The molecular formula is C23H26N6O7S. The maximum Gasteiger partial charge on any atom is 0.243 e. The highest BCUT2D eigenvalue weighted by Gasteiger charge is 2.33. The smallest absolute Gasteiger partial charge is 0.243 e. The molecule has 2 unspecified atom stereocenters. The van der Waals surface area contributed by atoms with Crippen molar-refractivity contribution in [2.75, 3.05) is 26.1 Å². The molecule has 13 nitrogen and oxygen atoms in total. The molecule has 196 valence electrons. The van der Waals surface area contributed by atoms with Gasteiger partial charge >= 0.3 is 0 Å². The van der Waals surface area contributed by atoms with Crippen LogP contribution >= 0.6 is 0 Å². The van der Waals surface area contributed by atoms with Gasteiger partial charge in [-0.2, -0.15) is 0 Å².